The average molecular weight is 338 g/mol. The molecule has 6 heteroatoms. The van der Waals surface area contributed by atoms with Crippen molar-refractivity contribution < 1.29 is 4.74 Å². The van der Waals surface area contributed by atoms with E-state index in [4.69, 9.17) is 22.7 Å². The lowest BCUT2D eigenvalue weighted by atomic mass is 10.1. The number of rotatable bonds is 3. The maximum absolute atomic E-state index is 5.72. The van der Waals surface area contributed by atoms with Crippen LogP contribution in [0.25, 0.3) is 0 Å². The molecule has 1 aliphatic heterocycles. The number of hydrogen-bond acceptors (Lipinski definition) is 3. The van der Waals surface area contributed by atoms with Crippen LogP contribution in [-0.2, 0) is 13.0 Å². The molecule has 19 heavy (non-hydrogen) atoms. The van der Waals surface area contributed by atoms with Crippen LogP contribution in [-0.4, -0.2) is 21.1 Å². The standard InChI is InChI=1S/C13H12BrN3OS/c14-10-5-8-1-4-18-11(8)9(6-10)7-17-3-2-16-13(17)12(15)19/h2-3,5-6H,1,4,7H2,(H2,15,19). The predicted octanol–water partition coefficient (Wildman–Crippen LogP) is 2.26. The van der Waals surface area contributed by atoms with Gasteiger partial charge in [-0.25, -0.2) is 4.98 Å². The average Bonchev–Trinajstić information content (AvgIpc) is 2.96. The highest BCUT2D eigenvalue weighted by molar-refractivity contribution is 9.10. The predicted molar refractivity (Wildman–Crippen MR) is 80.6 cm³/mol. The normalized spacial score (nSPS) is 13.1. The number of ether oxygens (including phenoxy) is 1. The van der Waals surface area contributed by atoms with E-state index in [0.717, 1.165) is 28.8 Å². The fraction of sp³-hybridized carbons (Fsp3) is 0.231. The second kappa shape index (κ2) is 4.94. The first kappa shape index (κ1) is 12.6. The molecule has 4 nitrogen and oxygen atoms in total. The molecule has 3 rings (SSSR count). The van der Waals surface area contributed by atoms with Gasteiger partial charge in [-0.3, -0.25) is 0 Å². The summed E-state index contributed by atoms with van der Waals surface area (Å²) in [5.41, 5.74) is 8.01. The molecule has 0 saturated heterocycles. The van der Waals surface area contributed by atoms with Crippen molar-refractivity contribution in [2.45, 2.75) is 13.0 Å². The number of benzene rings is 1. The summed E-state index contributed by atoms with van der Waals surface area (Å²) in [6.45, 7) is 1.39. The number of thiocarbonyl (C=S) groups is 1. The van der Waals surface area contributed by atoms with Gasteiger partial charge in [0.15, 0.2) is 5.82 Å². The van der Waals surface area contributed by atoms with Gasteiger partial charge in [-0.2, -0.15) is 0 Å². The Morgan fingerprint density at radius 1 is 1.53 bits per heavy atom. The molecule has 0 fully saturated rings. The smallest absolute Gasteiger partial charge is 0.167 e. The Kier molecular flexibility index (Phi) is 3.28. The van der Waals surface area contributed by atoms with Gasteiger partial charge in [-0.1, -0.05) is 28.1 Å². The third kappa shape index (κ3) is 2.37. The number of halogens is 1. The summed E-state index contributed by atoms with van der Waals surface area (Å²) < 4.78 is 8.71. The van der Waals surface area contributed by atoms with Crippen molar-refractivity contribution in [2.24, 2.45) is 5.73 Å². The van der Waals surface area contributed by atoms with Crippen molar-refractivity contribution in [3.8, 4) is 5.75 Å². The minimum atomic E-state index is 0.303. The summed E-state index contributed by atoms with van der Waals surface area (Å²) in [6.07, 6.45) is 4.53. The van der Waals surface area contributed by atoms with E-state index < -0.39 is 0 Å². The molecule has 1 aromatic carbocycles. The largest absolute Gasteiger partial charge is 0.493 e. The van der Waals surface area contributed by atoms with Crippen molar-refractivity contribution >= 4 is 33.1 Å². The van der Waals surface area contributed by atoms with Crippen LogP contribution >= 0.6 is 28.1 Å². The van der Waals surface area contributed by atoms with Crippen LogP contribution in [0.4, 0.5) is 0 Å². The molecular weight excluding hydrogens is 326 g/mol. The second-order valence-electron chi connectivity index (χ2n) is 4.39. The van der Waals surface area contributed by atoms with Crippen LogP contribution in [0.1, 0.15) is 17.0 Å². The van der Waals surface area contributed by atoms with Gasteiger partial charge in [0.2, 0.25) is 0 Å². The Labute approximate surface area is 124 Å². The number of fused-ring (bicyclic) bond motifs is 1. The SMILES string of the molecule is NC(=S)c1nccn1Cc1cc(Br)cc2c1OCC2. The molecule has 0 aliphatic carbocycles. The van der Waals surface area contributed by atoms with Crippen LogP contribution in [0, 0.1) is 0 Å². The maximum Gasteiger partial charge on any atom is 0.167 e. The third-order valence-electron chi connectivity index (χ3n) is 3.10. The quantitative estimate of drug-likeness (QED) is 0.873. The Bertz CT molecular complexity index is 653. The van der Waals surface area contributed by atoms with Crippen LogP contribution < -0.4 is 10.5 Å². The molecule has 0 bridgehead atoms. The summed E-state index contributed by atoms with van der Waals surface area (Å²) in [4.78, 5) is 4.48. The molecule has 0 unspecified atom stereocenters. The van der Waals surface area contributed by atoms with E-state index in [-0.39, 0.29) is 0 Å². The molecule has 98 valence electrons. The highest BCUT2D eigenvalue weighted by Gasteiger charge is 2.18. The molecule has 2 aromatic rings. The Balaban J connectivity index is 2.00. The Morgan fingerprint density at radius 3 is 3.16 bits per heavy atom. The van der Waals surface area contributed by atoms with Gasteiger partial charge in [0.05, 0.1) is 13.2 Å². The molecule has 1 aliphatic rings. The minimum Gasteiger partial charge on any atom is -0.493 e. The van der Waals surface area contributed by atoms with Gasteiger partial charge >= 0.3 is 0 Å². The topological polar surface area (TPSA) is 53.1 Å². The highest BCUT2D eigenvalue weighted by Crippen LogP contribution is 2.33. The lowest BCUT2D eigenvalue weighted by Crippen LogP contribution is -2.17. The van der Waals surface area contributed by atoms with E-state index in [1.54, 1.807) is 6.20 Å². The summed E-state index contributed by atoms with van der Waals surface area (Å²) in [7, 11) is 0. The molecule has 2 N–H and O–H groups in total. The summed E-state index contributed by atoms with van der Waals surface area (Å²) in [6, 6.07) is 4.17. The van der Waals surface area contributed by atoms with E-state index in [2.05, 4.69) is 33.0 Å². The first-order valence-corrected chi connectivity index (χ1v) is 7.10. The summed E-state index contributed by atoms with van der Waals surface area (Å²) in [5.74, 6) is 1.60. The first-order chi connectivity index (χ1) is 9.15. The fourth-order valence-electron chi connectivity index (χ4n) is 2.31. The van der Waals surface area contributed by atoms with Crippen LogP contribution in [0.3, 0.4) is 0 Å². The molecule has 0 saturated carbocycles. The van der Waals surface area contributed by atoms with Crippen LogP contribution in [0.15, 0.2) is 29.0 Å². The lowest BCUT2D eigenvalue weighted by Gasteiger charge is -2.11. The molecule has 1 aromatic heterocycles. The van der Waals surface area contributed by atoms with Crippen molar-refractivity contribution in [3.63, 3.8) is 0 Å². The summed E-state index contributed by atoms with van der Waals surface area (Å²) in [5, 5.41) is 0. The third-order valence-corrected chi connectivity index (χ3v) is 3.74. The first-order valence-electron chi connectivity index (χ1n) is 5.90. The van der Waals surface area contributed by atoms with Crippen molar-refractivity contribution in [2.75, 3.05) is 6.61 Å². The number of nitrogens with zero attached hydrogens (tertiary/aromatic N) is 2. The van der Waals surface area contributed by atoms with Gasteiger partial charge < -0.3 is 15.0 Å². The van der Waals surface area contributed by atoms with Gasteiger partial charge in [0, 0.05) is 28.9 Å². The number of aromatic nitrogens is 2. The Hall–Kier alpha value is -1.40. The lowest BCUT2D eigenvalue weighted by molar-refractivity contribution is 0.352. The van der Waals surface area contributed by atoms with E-state index in [1.165, 1.54) is 5.56 Å². The minimum absolute atomic E-state index is 0.303. The van der Waals surface area contributed by atoms with Crippen molar-refractivity contribution in [1.29, 1.82) is 0 Å². The zero-order valence-corrected chi connectivity index (χ0v) is 12.5. The van der Waals surface area contributed by atoms with Crippen LogP contribution in [0.5, 0.6) is 5.75 Å². The van der Waals surface area contributed by atoms with E-state index >= 15 is 0 Å². The zero-order chi connectivity index (χ0) is 13.4. The van der Waals surface area contributed by atoms with Gasteiger partial charge in [-0.15, -0.1) is 0 Å². The van der Waals surface area contributed by atoms with Gasteiger partial charge in [-0.05, 0) is 17.7 Å². The van der Waals surface area contributed by atoms with Gasteiger partial charge in [0.1, 0.15) is 10.7 Å². The number of hydrogen-bond donors (Lipinski definition) is 1. The molecule has 0 spiro atoms. The van der Waals surface area contributed by atoms with E-state index in [1.807, 2.05) is 10.8 Å². The highest BCUT2D eigenvalue weighted by atomic mass is 79.9. The molecule has 0 radical (unpaired) electrons. The summed E-state index contributed by atoms with van der Waals surface area (Å²) >= 11 is 8.53. The molecule has 0 atom stereocenters. The second-order valence-corrected chi connectivity index (χ2v) is 5.75. The van der Waals surface area contributed by atoms with Gasteiger partial charge in [0.25, 0.3) is 0 Å². The molecule has 0 amide bonds. The van der Waals surface area contributed by atoms with Crippen molar-refractivity contribution in [3.05, 3.63) is 46.0 Å². The Morgan fingerprint density at radius 2 is 2.37 bits per heavy atom. The number of imidazole rings is 1. The van der Waals surface area contributed by atoms with E-state index in [0.29, 0.717) is 17.4 Å². The molecule has 2 heterocycles. The van der Waals surface area contributed by atoms with Crippen LogP contribution in [0.2, 0.25) is 0 Å². The van der Waals surface area contributed by atoms with E-state index in [9.17, 15) is 0 Å². The van der Waals surface area contributed by atoms with Crippen molar-refractivity contribution in [1.82, 2.24) is 9.55 Å². The fourth-order valence-corrected chi connectivity index (χ4v) is 3.03. The molecular formula is C13H12BrN3OS. The maximum atomic E-state index is 5.72. The zero-order valence-electron chi connectivity index (χ0n) is 10.1. The number of nitrogens with two attached hydrogens (primary N) is 1. The monoisotopic (exact) mass is 337 g/mol.